The van der Waals surface area contributed by atoms with E-state index in [1.54, 1.807) is 0 Å². The quantitative estimate of drug-likeness (QED) is 0.460. The van der Waals surface area contributed by atoms with Gasteiger partial charge in [-0.2, -0.15) is 15.1 Å². The minimum atomic E-state index is 0.240. The highest BCUT2D eigenvalue weighted by Gasteiger charge is 2.26. The number of fused-ring (bicyclic) bond motifs is 1. The molecule has 4 aromatic rings. The molecule has 5 rings (SSSR count). The Morgan fingerprint density at radius 1 is 1.11 bits per heavy atom. The summed E-state index contributed by atoms with van der Waals surface area (Å²) in [6, 6.07) is 12.2. The highest BCUT2D eigenvalue weighted by Crippen LogP contribution is 2.39. The molecule has 8 heteroatoms. The van der Waals surface area contributed by atoms with Gasteiger partial charge in [0, 0.05) is 29.4 Å². The molecule has 3 heterocycles. The highest BCUT2D eigenvalue weighted by atomic mass is 15.3. The molecular formula is C20H22N8. The van der Waals surface area contributed by atoms with E-state index in [2.05, 4.69) is 50.7 Å². The average molecular weight is 374 g/mol. The number of aromatic amines is 1. The summed E-state index contributed by atoms with van der Waals surface area (Å²) in [5.74, 6) is 2.51. The first kappa shape index (κ1) is 16.7. The zero-order chi connectivity index (χ0) is 19.1. The van der Waals surface area contributed by atoms with Gasteiger partial charge in [-0.3, -0.25) is 5.10 Å². The van der Waals surface area contributed by atoms with Crippen LogP contribution in [0.2, 0.25) is 0 Å². The largest absolute Gasteiger partial charge is 0.324 e. The number of hydrogen-bond donors (Lipinski definition) is 3. The van der Waals surface area contributed by atoms with Gasteiger partial charge >= 0.3 is 0 Å². The maximum Gasteiger partial charge on any atom is 0.231 e. The molecule has 0 bridgehead atoms. The molecule has 1 fully saturated rings. The van der Waals surface area contributed by atoms with Crippen molar-refractivity contribution >= 4 is 34.4 Å². The van der Waals surface area contributed by atoms with Crippen LogP contribution in [0.4, 0.5) is 23.3 Å². The Bertz CT molecular complexity index is 1110. The topological polar surface area (TPSA) is 96.3 Å². The summed E-state index contributed by atoms with van der Waals surface area (Å²) >= 11 is 0. The molecular weight excluding hydrogens is 352 g/mol. The Balaban J connectivity index is 1.55. The Labute approximate surface area is 162 Å². The van der Waals surface area contributed by atoms with E-state index >= 15 is 0 Å². The first-order valence-corrected chi connectivity index (χ1v) is 9.56. The Hall–Kier alpha value is -3.42. The minimum Gasteiger partial charge on any atom is -0.324 e. The fourth-order valence-electron chi connectivity index (χ4n) is 3.21. The first-order valence-electron chi connectivity index (χ1n) is 9.56. The molecule has 1 aliphatic rings. The van der Waals surface area contributed by atoms with E-state index in [0.717, 1.165) is 22.7 Å². The Morgan fingerprint density at radius 2 is 1.93 bits per heavy atom. The summed E-state index contributed by atoms with van der Waals surface area (Å²) < 4.78 is 2.04. The maximum absolute atomic E-state index is 4.71. The van der Waals surface area contributed by atoms with Crippen molar-refractivity contribution in [2.75, 3.05) is 10.6 Å². The number of imidazole rings is 1. The van der Waals surface area contributed by atoms with Gasteiger partial charge in [0.25, 0.3) is 0 Å². The van der Waals surface area contributed by atoms with Crippen molar-refractivity contribution in [1.29, 1.82) is 0 Å². The van der Waals surface area contributed by atoms with Crippen LogP contribution in [-0.2, 0) is 0 Å². The molecule has 0 aliphatic heterocycles. The first-order chi connectivity index (χ1) is 13.7. The van der Waals surface area contributed by atoms with Gasteiger partial charge < -0.3 is 15.2 Å². The van der Waals surface area contributed by atoms with E-state index in [1.165, 1.54) is 18.5 Å². The van der Waals surface area contributed by atoms with Gasteiger partial charge in [-0.15, -0.1) is 0 Å². The average Bonchev–Trinajstić information content (AvgIpc) is 3.27. The molecule has 8 nitrogen and oxygen atoms in total. The van der Waals surface area contributed by atoms with Crippen LogP contribution in [0.25, 0.3) is 11.2 Å². The van der Waals surface area contributed by atoms with Crippen LogP contribution in [-0.4, -0.2) is 29.7 Å². The van der Waals surface area contributed by atoms with Crippen molar-refractivity contribution in [2.45, 2.75) is 38.6 Å². The standard InChI is InChI=1S/C20H22N8/c1-12(2)28-11-21-17-18(23-16-10-15(26-27-16)13-8-9-13)24-20(25-19(17)28)22-14-6-4-3-5-7-14/h3-7,10-13H,8-9H2,1-2H3,(H3,22,23,24,25,26,27). The molecule has 3 aromatic heterocycles. The summed E-state index contributed by atoms with van der Waals surface area (Å²) in [7, 11) is 0. The summed E-state index contributed by atoms with van der Waals surface area (Å²) in [5.41, 5.74) is 3.61. The number of aromatic nitrogens is 6. The number of nitrogens with one attached hydrogen (secondary N) is 3. The molecule has 0 amide bonds. The zero-order valence-corrected chi connectivity index (χ0v) is 15.8. The fourth-order valence-corrected chi connectivity index (χ4v) is 3.21. The number of anilines is 4. The Morgan fingerprint density at radius 3 is 2.68 bits per heavy atom. The van der Waals surface area contributed by atoms with E-state index in [4.69, 9.17) is 4.98 Å². The molecule has 1 saturated carbocycles. The van der Waals surface area contributed by atoms with Crippen molar-refractivity contribution in [3.63, 3.8) is 0 Å². The van der Waals surface area contributed by atoms with Gasteiger partial charge in [0.05, 0.1) is 6.33 Å². The zero-order valence-electron chi connectivity index (χ0n) is 15.8. The van der Waals surface area contributed by atoms with Crippen LogP contribution >= 0.6 is 0 Å². The highest BCUT2D eigenvalue weighted by molar-refractivity contribution is 5.86. The third-order valence-electron chi connectivity index (χ3n) is 4.87. The number of para-hydroxylation sites is 1. The number of H-pyrrole nitrogens is 1. The van der Waals surface area contributed by atoms with E-state index in [-0.39, 0.29) is 6.04 Å². The molecule has 142 valence electrons. The molecule has 1 aliphatic carbocycles. The van der Waals surface area contributed by atoms with Crippen LogP contribution in [0.5, 0.6) is 0 Å². The van der Waals surface area contributed by atoms with Crippen LogP contribution in [0.3, 0.4) is 0 Å². The molecule has 28 heavy (non-hydrogen) atoms. The van der Waals surface area contributed by atoms with Crippen LogP contribution in [0.1, 0.15) is 44.3 Å². The summed E-state index contributed by atoms with van der Waals surface area (Å²) in [6.45, 7) is 4.21. The minimum absolute atomic E-state index is 0.240. The monoisotopic (exact) mass is 374 g/mol. The van der Waals surface area contributed by atoms with E-state index in [9.17, 15) is 0 Å². The van der Waals surface area contributed by atoms with Gasteiger partial charge in [0.2, 0.25) is 5.95 Å². The van der Waals surface area contributed by atoms with Gasteiger partial charge in [-0.05, 0) is 38.8 Å². The SMILES string of the molecule is CC(C)n1cnc2c(Nc3cc(C4CC4)[nH]n3)nc(Nc3ccccc3)nc21. The normalized spacial score (nSPS) is 14.0. The Kier molecular flexibility index (Phi) is 3.96. The molecule has 0 radical (unpaired) electrons. The van der Waals surface area contributed by atoms with Crippen molar-refractivity contribution in [3.05, 3.63) is 48.4 Å². The predicted molar refractivity (Wildman–Crippen MR) is 109 cm³/mol. The number of benzene rings is 1. The fraction of sp³-hybridized carbons (Fsp3) is 0.300. The van der Waals surface area contributed by atoms with Gasteiger partial charge in [-0.1, -0.05) is 18.2 Å². The smallest absolute Gasteiger partial charge is 0.231 e. The van der Waals surface area contributed by atoms with E-state index in [1.807, 2.05) is 41.2 Å². The van der Waals surface area contributed by atoms with Gasteiger partial charge in [0.15, 0.2) is 22.8 Å². The van der Waals surface area contributed by atoms with Crippen molar-refractivity contribution in [1.82, 2.24) is 29.7 Å². The van der Waals surface area contributed by atoms with Crippen molar-refractivity contribution in [3.8, 4) is 0 Å². The number of hydrogen-bond acceptors (Lipinski definition) is 6. The lowest BCUT2D eigenvalue weighted by molar-refractivity contribution is 0.613. The van der Waals surface area contributed by atoms with Crippen LogP contribution in [0.15, 0.2) is 42.7 Å². The van der Waals surface area contributed by atoms with Gasteiger partial charge in [-0.25, -0.2) is 4.98 Å². The molecule has 0 unspecified atom stereocenters. The number of nitrogens with zero attached hydrogens (tertiary/aromatic N) is 5. The summed E-state index contributed by atoms with van der Waals surface area (Å²) in [6.07, 6.45) is 4.26. The molecule has 0 saturated heterocycles. The van der Waals surface area contributed by atoms with E-state index < -0.39 is 0 Å². The molecule has 0 atom stereocenters. The van der Waals surface area contributed by atoms with E-state index in [0.29, 0.717) is 17.7 Å². The molecule has 0 spiro atoms. The summed E-state index contributed by atoms with van der Waals surface area (Å²) in [5, 5.41) is 14.1. The van der Waals surface area contributed by atoms with Crippen molar-refractivity contribution < 1.29 is 0 Å². The number of rotatable bonds is 6. The third kappa shape index (κ3) is 3.17. The maximum atomic E-state index is 4.71. The predicted octanol–water partition coefficient (Wildman–Crippen LogP) is 4.49. The lowest BCUT2D eigenvalue weighted by atomic mass is 10.3. The molecule has 1 aromatic carbocycles. The van der Waals surface area contributed by atoms with Crippen molar-refractivity contribution in [2.24, 2.45) is 0 Å². The second kappa shape index (κ2) is 6.63. The third-order valence-corrected chi connectivity index (χ3v) is 4.87. The van der Waals surface area contributed by atoms with Crippen LogP contribution in [0, 0.1) is 0 Å². The van der Waals surface area contributed by atoms with Gasteiger partial charge in [0.1, 0.15) is 0 Å². The lowest BCUT2D eigenvalue weighted by Crippen LogP contribution is -2.05. The lowest BCUT2D eigenvalue weighted by Gasteiger charge is -2.11. The summed E-state index contributed by atoms with van der Waals surface area (Å²) in [4.78, 5) is 13.9. The van der Waals surface area contributed by atoms with Crippen LogP contribution < -0.4 is 10.6 Å². The second-order valence-corrected chi connectivity index (χ2v) is 7.41. The molecule has 3 N–H and O–H groups in total. The second-order valence-electron chi connectivity index (χ2n) is 7.41.